The Balaban J connectivity index is 1.84. The van der Waals surface area contributed by atoms with Crippen LogP contribution in [0.1, 0.15) is 43.2 Å². The van der Waals surface area contributed by atoms with Crippen molar-refractivity contribution in [2.45, 2.75) is 58.1 Å². The number of aliphatic hydroxyl groups excluding tert-OH is 1. The molecule has 0 aliphatic heterocycles. The van der Waals surface area contributed by atoms with Crippen molar-refractivity contribution in [2.24, 2.45) is 0 Å². The molecule has 0 saturated heterocycles. The minimum Gasteiger partial charge on any atom is -0.391 e. The quantitative estimate of drug-likeness (QED) is 0.745. The first kappa shape index (κ1) is 16.5. The monoisotopic (exact) mass is 304 g/mol. The predicted molar refractivity (Wildman–Crippen MR) is 85.6 cm³/mol. The zero-order valence-corrected chi connectivity index (χ0v) is 13.2. The van der Waals surface area contributed by atoms with Gasteiger partial charge in [0.2, 0.25) is 11.8 Å². The van der Waals surface area contributed by atoms with Gasteiger partial charge in [0.1, 0.15) is 6.42 Å². The summed E-state index contributed by atoms with van der Waals surface area (Å²) >= 11 is 0. The molecule has 0 heterocycles. The highest BCUT2D eigenvalue weighted by atomic mass is 16.3. The van der Waals surface area contributed by atoms with Crippen LogP contribution in [0, 0.1) is 13.8 Å². The summed E-state index contributed by atoms with van der Waals surface area (Å²) in [7, 11) is 0. The molecule has 0 radical (unpaired) electrons. The summed E-state index contributed by atoms with van der Waals surface area (Å²) in [5.41, 5.74) is 2.82. The van der Waals surface area contributed by atoms with Crippen LogP contribution in [0.4, 0.5) is 5.69 Å². The molecule has 5 heteroatoms. The van der Waals surface area contributed by atoms with Gasteiger partial charge >= 0.3 is 0 Å². The topological polar surface area (TPSA) is 78.4 Å². The zero-order chi connectivity index (χ0) is 16.1. The van der Waals surface area contributed by atoms with Crippen molar-refractivity contribution >= 4 is 17.5 Å². The summed E-state index contributed by atoms with van der Waals surface area (Å²) in [5.74, 6) is -0.680. The second-order valence-electron chi connectivity index (χ2n) is 6.13. The molecule has 1 aromatic rings. The molecule has 1 fully saturated rings. The third kappa shape index (κ3) is 4.84. The molecule has 1 aliphatic rings. The highest BCUT2D eigenvalue weighted by molar-refractivity contribution is 6.03. The van der Waals surface area contributed by atoms with E-state index >= 15 is 0 Å². The molecule has 0 bridgehead atoms. The van der Waals surface area contributed by atoms with Crippen molar-refractivity contribution in [3.63, 3.8) is 0 Å². The summed E-state index contributed by atoms with van der Waals surface area (Å²) in [6.45, 7) is 3.92. The molecule has 120 valence electrons. The number of anilines is 1. The maximum Gasteiger partial charge on any atom is 0.233 e. The van der Waals surface area contributed by atoms with Crippen LogP contribution < -0.4 is 10.6 Å². The van der Waals surface area contributed by atoms with Gasteiger partial charge in [0, 0.05) is 5.69 Å². The first-order valence-electron chi connectivity index (χ1n) is 7.79. The van der Waals surface area contributed by atoms with Crippen molar-refractivity contribution in [1.82, 2.24) is 5.32 Å². The zero-order valence-electron chi connectivity index (χ0n) is 13.2. The van der Waals surface area contributed by atoms with E-state index in [2.05, 4.69) is 10.6 Å². The summed E-state index contributed by atoms with van der Waals surface area (Å²) in [4.78, 5) is 23.8. The maximum absolute atomic E-state index is 11.9. The lowest BCUT2D eigenvalue weighted by Gasteiger charge is -2.28. The van der Waals surface area contributed by atoms with Crippen LogP contribution in [-0.4, -0.2) is 29.1 Å². The van der Waals surface area contributed by atoms with Crippen molar-refractivity contribution in [3.05, 3.63) is 29.3 Å². The number of nitrogens with one attached hydrogen (secondary N) is 2. The molecule has 2 amide bonds. The third-order valence-electron chi connectivity index (χ3n) is 3.90. The number of rotatable bonds is 4. The van der Waals surface area contributed by atoms with E-state index in [9.17, 15) is 14.7 Å². The molecule has 5 nitrogen and oxygen atoms in total. The molecule has 22 heavy (non-hydrogen) atoms. The van der Waals surface area contributed by atoms with Gasteiger partial charge in [-0.2, -0.15) is 0 Å². The second-order valence-corrected chi connectivity index (χ2v) is 6.13. The summed E-state index contributed by atoms with van der Waals surface area (Å²) < 4.78 is 0. The lowest BCUT2D eigenvalue weighted by Crippen LogP contribution is -2.45. The Bertz CT molecular complexity index is 537. The van der Waals surface area contributed by atoms with Crippen LogP contribution in [0.15, 0.2) is 18.2 Å². The Hall–Kier alpha value is -1.88. The van der Waals surface area contributed by atoms with E-state index in [1.54, 1.807) is 0 Å². The van der Waals surface area contributed by atoms with E-state index in [1.807, 2.05) is 32.0 Å². The lowest BCUT2D eigenvalue weighted by atomic mass is 9.92. The van der Waals surface area contributed by atoms with Gasteiger partial charge in [-0.25, -0.2) is 0 Å². The molecule has 1 aromatic carbocycles. The van der Waals surface area contributed by atoms with Gasteiger partial charge in [-0.1, -0.05) is 18.9 Å². The summed E-state index contributed by atoms with van der Waals surface area (Å²) in [6, 6.07) is 5.53. The minimum absolute atomic E-state index is 0.226. The molecule has 3 N–H and O–H groups in total. The van der Waals surface area contributed by atoms with E-state index in [4.69, 9.17) is 0 Å². The van der Waals surface area contributed by atoms with E-state index in [0.29, 0.717) is 12.1 Å². The highest BCUT2D eigenvalue weighted by Crippen LogP contribution is 2.18. The largest absolute Gasteiger partial charge is 0.391 e. The molecular formula is C17H24N2O3. The lowest BCUT2D eigenvalue weighted by molar-refractivity contribution is -0.128. The summed E-state index contributed by atoms with van der Waals surface area (Å²) in [5, 5.41) is 15.3. The molecule has 0 unspecified atom stereocenters. The van der Waals surface area contributed by atoms with Crippen molar-refractivity contribution in [2.75, 3.05) is 5.32 Å². The molecule has 0 aromatic heterocycles. The van der Waals surface area contributed by atoms with Gasteiger partial charge in [-0.3, -0.25) is 9.59 Å². The normalized spacial score (nSPS) is 21.2. The van der Waals surface area contributed by atoms with Crippen LogP contribution in [0.2, 0.25) is 0 Å². The van der Waals surface area contributed by atoms with Gasteiger partial charge in [0.05, 0.1) is 12.1 Å². The molecule has 2 rings (SSSR count). The molecule has 2 atom stereocenters. The smallest absolute Gasteiger partial charge is 0.233 e. The Morgan fingerprint density at radius 1 is 1.09 bits per heavy atom. The molecule has 0 spiro atoms. The van der Waals surface area contributed by atoms with Crippen molar-refractivity contribution in [1.29, 1.82) is 0 Å². The average molecular weight is 304 g/mol. The van der Waals surface area contributed by atoms with Crippen LogP contribution in [0.3, 0.4) is 0 Å². The first-order chi connectivity index (χ1) is 10.4. The Kier molecular flexibility index (Phi) is 5.55. The average Bonchev–Trinajstić information content (AvgIpc) is 2.39. The fourth-order valence-electron chi connectivity index (χ4n) is 2.94. The second kappa shape index (κ2) is 7.40. The first-order valence-corrected chi connectivity index (χ1v) is 7.79. The maximum atomic E-state index is 11.9. The van der Waals surface area contributed by atoms with Gasteiger partial charge in [0.15, 0.2) is 0 Å². The fourth-order valence-corrected chi connectivity index (χ4v) is 2.94. The van der Waals surface area contributed by atoms with E-state index < -0.39 is 6.10 Å². The third-order valence-corrected chi connectivity index (χ3v) is 3.90. The van der Waals surface area contributed by atoms with Crippen LogP contribution in [-0.2, 0) is 9.59 Å². The Morgan fingerprint density at radius 2 is 1.73 bits per heavy atom. The van der Waals surface area contributed by atoms with Gasteiger partial charge in [-0.15, -0.1) is 0 Å². The number of hydrogen-bond acceptors (Lipinski definition) is 3. The highest BCUT2D eigenvalue weighted by Gasteiger charge is 2.25. The van der Waals surface area contributed by atoms with Crippen LogP contribution in [0.25, 0.3) is 0 Å². The Labute approximate surface area is 131 Å². The predicted octanol–water partition coefficient (Wildman–Crippen LogP) is 2.05. The molecule has 1 aliphatic carbocycles. The number of carbonyl (C=O) groups is 2. The van der Waals surface area contributed by atoms with Crippen LogP contribution >= 0.6 is 0 Å². The number of benzene rings is 1. The number of aryl methyl sites for hydroxylation is 2. The summed E-state index contributed by atoms with van der Waals surface area (Å²) in [6.07, 6.45) is 2.74. The minimum atomic E-state index is -0.500. The van der Waals surface area contributed by atoms with E-state index in [1.165, 1.54) is 0 Å². The SMILES string of the molecule is Cc1cc(C)cc(NC(=O)CC(=O)N[C@@H]2CCCC[C@H]2O)c1. The fraction of sp³-hybridized carbons (Fsp3) is 0.529. The van der Waals surface area contributed by atoms with Crippen molar-refractivity contribution in [3.8, 4) is 0 Å². The van der Waals surface area contributed by atoms with Gasteiger partial charge in [0.25, 0.3) is 0 Å². The number of hydrogen-bond donors (Lipinski definition) is 3. The van der Waals surface area contributed by atoms with Gasteiger partial charge in [-0.05, 0) is 49.9 Å². The molecular weight excluding hydrogens is 280 g/mol. The van der Waals surface area contributed by atoms with Gasteiger partial charge < -0.3 is 15.7 Å². The van der Waals surface area contributed by atoms with Crippen molar-refractivity contribution < 1.29 is 14.7 Å². The van der Waals surface area contributed by atoms with E-state index in [0.717, 1.165) is 30.4 Å². The standard InChI is InChI=1S/C17H24N2O3/c1-11-7-12(2)9-13(8-11)18-16(21)10-17(22)19-14-5-3-4-6-15(14)20/h7-9,14-15,20H,3-6,10H2,1-2H3,(H,18,21)(H,19,22)/t14-,15-/m1/s1. The Morgan fingerprint density at radius 3 is 2.36 bits per heavy atom. The van der Waals surface area contributed by atoms with E-state index in [-0.39, 0.29) is 24.3 Å². The molecule has 1 saturated carbocycles. The number of aliphatic hydroxyl groups is 1. The number of carbonyl (C=O) groups excluding carboxylic acids is 2. The van der Waals surface area contributed by atoms with Crippen LogP contribution in [0.5, 0.6) is 0 Å². The number of amides is 2.